The van der Waals surface area contributed by atoms with E-state index in [0.717, 1.165) is 18.2 Å². The molecule has 0 radical (unpaired) electrons. The molecule has 2 bridgehead atoms. The summed E-state index contributed by atoms with van der Waals surface area (Å²) in [5.74, 6) is 5.91. The molecule has 0 atom stereocenters. The molecule has 5 heteroatoms. The van der Waals surface area contributed by atoms with Gasteiger partial charge in [0.25, 0.3) is 0 Å². The van der Waals surface area contributed by atoms with Crippen LogP contribution in [0.4, 0.5) is 4.79 Å². The van der Waals surface area contributed by atoms with Gasteiger partial charge >= 0.3 is 135 Å². The number of benzene rings is 1. The molecule has 1 N–H and O–H groups in total. The van der Waals surface area contributed by atoms with Crippen LogP contribution in [0.5, 0.6) is 0 Å². The SMILES string of the molecule is CC#CC[C]1=C2/[C](=C3/SC(=O)NC3=O)[In]1[c]1ccccc12. The van der Waals surface area contributed by atoms with Crippen LogP contribution in [0.25, 0.3) is 5.57 Å². The number of imide groups is 1. The monoisotopic (exact) mass is 395 g/mol. The molecular weight excluding hydrogens is 385 g/mol. The molecule has 1 fully saturated rings. The number of allylic oxidation sites excluding steroid dienone is 3. The summed E-state index contributed by atoms with van der Waals surface area (Å²) in [6.07, 6.45) is 0.818. The molecule has 0 saturated carbocycles. The van der Waals surface area contributed by atoms with Crippen molar-refractivity contribution in [2.45, 2.75) is 13.3 Å². The number of hydrogen-bond donors (Lipinski definition) is 1. The van der Waals surface area contributed by atoms with Crippen molar-refractivity contribution in [3.8, 4) is 11.8 Å². The van der Waals surface area contributed by atoms with Gasteiger partial charge in [-0.3, -0.25) is 0 Å². The van der Waals surface area contributed by atoms with Crippen LogP contribution in [-0.2, 0) is 4.79 Å². The summed E-state index contributed by atoms with van der Waals surface area (Å²) in [7, 11) is 0. The van der Waals surface area contributed by atoms with Gasteiger partial charge in [-0.2, -0.15) is 0 Å². The van der Waals surface area contributed by atoms with E-state index in [1.54, 1.807) is 0 Å². The van der Waals surface area contributed by atoms with Gasteiger partial charge in [0, 0.05) is 0 Å². The van der Waals surface area contributed by atoms with Gasteiger partial charge in [-0.1, -0.05) is 0 Å². The Balaban J connectivity index is 1.88. The first-order chi connectivity index (χ1) is 10.2. The molecule has 0 spiro atoms. The van der Waals surface area contributed by atoms with Crippen molar-refractivity contribution in [2.75, 3.05) is 0 Å². The molecule has 1 aromatic rings. The molecule has 1 saturated heterocycles. The maximum absolute atomic E-state index is 12.0. The Morgan fingerprint density at radius 3 is 2.76 bits per heavy atom. The summed E-state index contributed by atoms with van der Waals surface area (Å²) >= 11 is -1.21. The number of nitrogens with one attached hydrogen (secondary N) is 1. The molecule has 0 aromatic heterocycles. The van der Waals surface area contributed by atoms with Crippen LogP contribution in [0.15, 0.2) is 35.8 Å². The van der Waals surface area contributed by atoms with E-state index in [1.807, 2.05) is 13.0 Å². The first-order valence-electron chi connectivity index (χ1n) is 6.72. The normalized spacial score (nSPS) is 21.9. The van der Waals surface area contributed by atoms with Crippen molar-refractivity contribution in [1.29, 1.82) is 0 Å². The molecule has 0 unspecified atom stereocenters. The molecule has 1 aromatic carbocycles. The minimum atomic E-state index is -2.28. The van der Waals surface area contributed by atoms with Gasteiger partial charge in [-0.15, -0.1) is 0 Å². The fourth-order valence-corrected chi connectivity index (χ4v) is 15.5. The molecule has 3 aliphatic rings. The van der Waals surface area contributed by atoms with Gasteiger partial charge in [0.15, 0.2) is 0 Å². The molecular formula is C16H10InNO2S. The second-order valence-electron chi connectivity index (χ2n) is 5.11. The van der Waals surface area contributed by atoms with Crippen molar-refractivity contribution < 1.29 is 9.59 Å². The maximum atomic E-state index is 12.0. The average molecular weight is 395 g/mol. The van der Waals surface area contributed by atoms with E-state index < -0.39 is 21.4 Å². The molecule has 3 aliphatic heterocycles. The molecule has 4 rings (SSSR count). The Morgan fingerprint density at radius 2 is 2.10 bits per heavy atom. The molecule has 0 aliphatic carbocycles. The number of carbonyl (C=O) groups is 2. The van der Waals surface area contributed by atoms with Crippen LogP contribution in [0.3, 0.4) is 0 Å². The predicted octanol–water partition coefficient (Wildman–Crippen LogP) is 1.90. The van der Waals surface area contributed by atoms with Gasteiger partial charge in [-0.05, 0) is 0 Å². The minimum absolute atomic E-state index is 0.215. The van der Waals surface area contributed by atoms with Crippen molar-refractivity contribution in [3.63, 3.8) is 0 Å². The van der Waals surface area contributed by atoms with Crippen LogP contribution in [-0.4, -0.2) is 32.6 Å². The van der Waals surface area contributed by atoms with Crippen LogP contribution in [0.1, 0.15) is 18.9 Å². The van der Waals surface area contributed by atoms with E-state index in [0.29, 0.717) is 4.91 Å². The Morgan fingerprint density at radius 1 is 1.29 bits per heavy atom. The summed E-state index contributed by atoms with van der Waals surface area (Å²) in [6.45, 7) is 1.85. The van der Waals surface area contributed by atoms with Gasteiger partial charge in [0.2, 0.25) is 0 Å². The Labute approximate surface area is 134 Å². The number of thioether (sulfide) groups is 1. The first-order valence-corrected chi connectivity index (χ1v) is 12.5. The zero-order valence-electron chi connectivity index (χ0n) is 11.3. The standard InChI is InChI=1S/C16H10NO2S.In/c1-2-3-5-10-13(12-8-6-4-7-9-12)11-14-15(18)17-16(19)20-14;/h4,6-8H,5H2,1H3,(H,17,18,19);. The summed E-state index contributed by atoms with van der Waals surface area (Å²) in [5, 5.41) is 2.13. The van der Waals surface area contributed by atoms with E-state index in [9.17, 15) is 9.59 Å². The van der Waals surface area contributed by atoms with Crippen molar-refractivity contribution in [2.24, 2.45) is 0 Å². The number of fused-ring (bicyclic) bond motifs is 5. The predicted molar refractivity (Wildman–Crippen MR) is 85.0 cm³/mol. The fourth-order valence-electron chi connectivity index (χ4n) is 3.31. The summed E-state index contributed by atoms with van der Waals surface area (Å²) in [6, 6.07) is 8.43. The molecule has 21 heavy (non-hydrogen) atoms. The Bertz CT molecular complexity index is 841. The second-order valence-corrected chi connectivity index (χ2v) is 14.0. The number of amides is 2. The van der Waals surface area contributed by atoms with Gasteiger partial charge in [0.1, 0.15) is 0 Å². The van der Waals surface area contributed by atoms with Crippen LogP contribution < -0.4 is 8.64 Å². The number of carbonyl (C=O) groups excluding carboxylic acids is 2. The Kier molecular flexibility index (Phi) is 3.05. The van der Waals surface area contributed by atoms with Crippen LogP contribution in [0.2, 0.25) is 0 Å². The van der Waals surface area contributed by atoms with Crippen molar-refractivity contribution in [1.82, 2.24) is 5.32 Å². The van der Waals surface area contributed by atoms with Gasteiger partial charge in [-0.25, -0.2) is 0 Å². The second kappa shape index (κ2) is 4.82. The summed E-state index contributed by atoms with van der Waals surface area (Å²) in [5.41, 5.74) is 2.50. The number of rotatable bonds is 1. The van der Waals surface area contributed by atoms with E-state index in [2.05, 4.69) is 35.4 Å². The molecule has 2 amide bonds. The van der Waals surface area contributed by atoms with Crippen molar-refractivity contribution in [3.05, 3.63) is 41.4 Å². The van der Waals surface area contributed by atoms with E-state index in [4.69, 9.17) is 0 Å². The van der Waals surface area contributed by atoms with Crippen LogP contribution in [0, 0.1) is 11.8 Å². The molecule has 100 valence electrons. The third-order valence-corrected chi connectivity index (χ3v) is 15.5. The van der Waals surface area contributed by atoms with E-state index in [-0.39, 0.29) is 11.1 Å². The topological polar surface area (TPSA) is 46.2 Å². The van der Waals surface area contributed by atoms with E-state index >= 15 is 0 Å². The summed E-state index contributed by atoms with van der Waals surface area (Å²) < 4.78 is 4.15. The average Bonchev–Trinajstić information content (AvgIpc) is 3.07. The van der Waals surface area contributed by atoms with Crippen molar-refractivity contribution >= 4 is 53.2 Å². The first kappa shape index (κ1) is 13.3. The van der Waals surface area contributed by atoms with E-state index in [1.165, 1.54) is 21.1 Å². The Hall–Kier alpha value is -1.38. The molecule has 3 nitrogen and oxygen atoms in total. The van der Waals surface area contributed by atoms with Crippen LogP contribution >= 0.6 is 11.8 Å². The number of hydrogen-bond acceptors (Lipinski definition) is 3. The van der Waals surface area contributed by atoms with Gasteiger partial charge < -0.3 is 0 Å². The summed E-state index contributed by atoms with van der Waals surface area (Å²) in [4.78, 5) is 24.1. The third kappa shape index (κ3) is 1.79. The zero-order valence-corrected chi connectivity index (χ0v) is 15.4. The fraction of sp³-hybridized carbons (Fsp3) is 0.125. The quantitative estimate of drug-likeness (QED) is 0.584. The van der Waals surface area contributed by atoms with Gasteiger partial charge in [0.05, 0.1) is 0 Å². The zero-order chi connectivity index (χ0) is 14.6. The molecule has 3 heterocycles. The third-order valence-electron chi connectivity index (χ3n) is 4.09.